The van der Waals surface area contributed by atoms with Crippen molar-refractivity contribution in [2.24, 2.45) is 11.8 Å². The third-order valence-electron chi connectivity index (χ3n) is 4.00. The molecular formula is C20H31N5O2. The molecule has 0 fully saturated rings. The maximum atomic E-state index is 6.44. The Morgan fingerprint density at radius 2 is 1.70 bits per heavy atom. The first kappa shape index (κ1) is 20.6. The van der Waals surface area contributed by atoms with Crippen molar-refractivity contribution in [2.45, 2.75) is 27.7 Å². The highest BCUT2D eigenvalue weighted by Crippen LogP contribution is 2.34. The lowest BCUT2D eigenvalue weighted by molar-refractivity contribution is 0.395. The summed E-state index contributed by atoms with van der Waals surface area (Å²) in [5, 5.41) is 3.26. The normalized spacial score (nSPS) is 11.0. The highest BCUT2D eigenvalue weighted by atomic mass is 16.5. The Hall–Kier alpha value is -2.70. The Morgan fingerprint density at radius 3 is 2.26 bits per heavy atom. The van der Waals surface area contributed by atoms with Gasteiger partial charge in [-0.05, 0) is 24.0 Å². The van der Waals surface area contributed by atoms with Gasteiger partial charge in [-0.2, -0.15) is 0 Å². The van der Waals surface area contributed by atoms with Gasteiger partial charge < -0.3 is 25.4 Å². The molecule has 0 aliphatic heterocycles. The Kier molecular flexibility index (Phi) is 7.10. The molecule has 3 N–H and O–H groups in total. The molecule has 0 saturated heterocycles. The quantitative estimate of drug-likeness (QED) is 0.688. The second-order valence-corrected chi connectivity index (χ2v) is 7.34. The first-order valence-electron chi connectivity index (χ1n) is 9.20. The van der Waals surface area contributed by atoms with Gasteiger partial charge in [0.05, 0.1) is 19.9 Å². The molecule has 0 aliphatic carbocycles. The van der Waals surface area contributed by atoms with E-state index >= 15 is 0 Å². The van der Waals surface area contributed by atoms with Crippen molar-refractivity contribution in [1.29, 1.82) is 0 Å². The van der Waals surface area contributed by atoms with Gasteiger partial charge in [0.15, 0.2) is 11.6 Å². The summed E-state index contributed by atoms with van der Waals surface area (Å²) in [5.74, 6) is 3.67. The molecule has 7 nitrogen and oxygen atoms in total. The molecule has 0 aliphatic rings. The van der Waals surface area contributed by atoms with Gasteiger partial charge in [0, 0.05) is 19.2 Å². The van der Waals surface area contributed by atoms with Crippen LogP contribution in [0.2, 0.25) is 0 Å². The van der Waals surface area contributed by atoms with E-state index in [1.54, 1.807) is 14.2 Å². The van der Waals surface area contributed by atoms with Crippen molar-refractivity contribution in [3.8, 4) is 11.5 Å². The number of methoxy groups -OCH3 is 2. The summed E-state index contributed by atoms with van der Waals surface area (Å²) < 4.78 is 10.7. The van der Waals surface area contributed by atoms with Gasteiger partial charge in [-0.3, -0.25) is 0 Å². The van der Waals surface area contributed by atoms with Crippen molar-refractivity contribution in [3.05, 3.63) is 24.5 Å². The lowest BCUT2D eigenvalue weighted by atomic mass is 10.1. The predicted molar refractivity (Wildman–Crippen MR) is 111 cm³/mol. The van der Waals surface area contributed by atoms with Crippen LogP contribution >= 0.6 is 0 Å². The van der Waals surface area contributed by atoms with Gasteiger partial charge in [0.1, 0.15) is 23.5 Å². The summed E-state index contributed by atoms with van der Waals surface area (Å²) >= 11 is 0. The van der Waals surface area contributed by atoms with E-state index in [1.165, 1.54) is 6.33 Å². The van der Waals surface area contributed by atoms with E-state index in [4.69, 9.17) is 15.2 Å². The predicted octanol–water partition coefficient (Wildman–Crippen LogP) is 3.94. The minimum absolute atomic E-state index is 0.496. The van der Waals surface area contributed by atoms with Crippen molar-refractivity contribution in [2.75, 3.05) is 43.3 Å². The Labute approximate surface area is 161 Å². The van der Waals surface area contributed by atoms with Gasteiger partial charge in [0.25, 0.3) is 0 Å². The minimum atomic E-state index is 0.496. The summed E-state index contributed by atoms with van der Waals surface area (Å²) in [7, 11) is 3.23. The number of rotatable bonds is 9. The molecular weight excluding hydrogens is 342 g/mol. The number of anilines is 4. The molecule has 0 unspecified atom stereocenters. The SMILES string of the molecule is COc1ccc(Nc2ncnc(N(CC(C)C)CC(C)C)c2N)c(OC)c1. The van der Waals surface area contributed by atoms with Crippen molar-refractivity contribution >= 4 is 23.0 Å². The maximum absolute atomic E-state index is 6.44. The number of hydrogen-bond donors (Lipinski definition) is 2. The molecule has 0 saturated carbocycles. The van der Waals surface area contributed by atoms with Crippen LogP contribution in [0.1, 0.15) is 27.7 Å². The third-order valence-corrected chi connectivity index (χ3v) is 4.00. The number of nitrogens with zero attached hydrogens (tertiary/aromatic N) is 3. The zero-order chi connectivity index (χ0) is 20.0. The van der Waals surface area contributed by atoms with Crippen LogP contribution in [0.25, 0.3) is 0 Å². The zero-order valence-electron chi connectivity index (χ0n) is 17.1. The summed E-state index contributed by atoms with van der Waals surface area (Å²) in [5.41, 5.74) is 7.72. The molecule has 1 aromatic carbocycles. The van der Waals surface area contributed by atoms with Crippen molar-refractivity contribution in [3.63, 3.8) is 0 Å². The summed E-state index contributed by atoms with van der Waals surface area (Å²) in [6.07, 6.45) is 1.54. The number of nitrogen functional groups attached to an aromatic ring is 1. The van der Waals surface area contributed by atoms with Crippen LogP contribution in [-0.2, 0) is 0 Å². The van der Waals surface area contributed by atoms with Crippen LogP contribution in [0, 0.1) is 11.8 Å². The molecule has 0 atom stereocenters. The van der Waals surface area contributed by atoms with E-state index in [9.17, 15) is 0 Å². The lowest BCUT2D eigenvalue weighted by Crippen LogP contribution is -2.32. The minimum Gasteiger partial charge on any atom is -0.497 e. The second kappa shape index (κ2) is 9.30. The average molecular weight is 374 g/mol. The molecule has 0 radical (unpaired) electrons. The van der Waals surface area contributed by atoms with E-state index < -0.39 is 0 Å². The average Bonchev–Trinajstić information content (AvgIpc) is 2.62. The van der Waals surface area contributed by atoms with Crippen LogP contribution in [0.3, 0.4) is 0 Å². The number of hydrogen-bond acceptors (Lipinski definition) is 7. The highest BCUT2D eigenvalue weighted by Gasteiger charge is 2.18. The standard InChI is InChI=1S/C20H31N5O2/c1-13(2)10-25(11-14(3)4)20-18(21)19(22-12-23-20)24-16-8-7-15(26-5)9-17(16)27-6/h7-9,12-14H,10-11,21H2,1-6H3,(H,22,23,24). The van der Waals surface area contributed by atoms with Gasteiger partial charge in [-0.25, -0.2) is 9.97 Å². The number of nitrogens with two attached hydrogens (primary N) is 1. The molecule has 2 rings (SSSR count). The highest BCUT2D eigenvalue weighted by molar-refractivity contribution is 5.80. The molecule has 1 aromatic heterocycles. The Morgan fingerprint density at radius 1 is 1.04 bits per heavy atom. The molecule has 0 amide bonds. The summed E-state index contributed by atoms with van der Waals surface area (Å²) in [6, 6.07) is 5.54. The fourth-order valence-corrected chi connectivity index (χ4v) is 2.90. The van der Waals surface area contributed by atoms with Gasteiger partial charge >= 0.3 is 0 Å². The fourth-order valence-electron chi connectivity index (χ4n) is 2.90. The molecule has 0 spiro atoms. The number of benzene rings is 1. The zero-order valence-corrected chi connectivity index (χ0v) is 17.1. The maximum Gasteiger partial charge on any atom is 0.159 e. The van der Waals surface area contributed by atoms with Crippen molar-refractivity contribution < 1.29 is 9.47 Å². The van der Waals surface area contributed by atoms with E-state index in [0.29, 0.717) is 34.8 Å². The number of nitrogens with one attached hydrogen (secondary N) is 1. The topological polar surface area (TPSA) is 85.5 Å². The Balaban J connectivity index is 2.35. The molecule has 2 aromatic rings. The van der Waals surface area contributed by atoms with Crippen LogP contribution in [0.15, 0.2) is 24.5 Å². The molecule has 27 heavy (non-hydrogen) atoms. The molecule has 7 heteroatoms. The van der Waals surface area contributed by atoms with E-state index in [2.05, 4.69) is 47.9 Å². The van der Waals surface area contributed by atoms with Gasteiger partial charge in [0.2, 0.25) is 0 Å². The van der Waals surface area contributed by atoms with E-state index in [-0.39, 0.29) is 0 Å². The number of aromatic nitrogens is 2. The molecule has 1 heterocycles. The van der Waals surface area contributed by atoms with Crippen LogP contribution in [0.4, 0.5) is 23.0 Å². The monoisotopic (exact) mass is 373 g/mol. The van der Waals surface area contributed by atoms with Gasteiger partial charge in [-0.15, -0.1) is 0 Å². The van der Waals surface area contributed by atoms with Gasteiger partial charge in [-0.1, -0.05) is 27.7 Å². The fraction of sp³-hybridized carbons (Fsp3) is 0.500. The summed E-state index contributed by atoms with van der Waals surface area (Å²) in [6.45, 7) is 10.5. The third kappa shape index (κ3) is 5.39. The van der Waals surface area contributed by atoms with Crippen molar-refractivity contribution in [1.82, 2.24) is 9.97 Å². The largest absolute Gasteiger partial charge is 0.497 e. The van der Waals surface area contributed by atoms with Crippen LogP contribution in [0.5, 0.6) is 11.5 Å². The van der Waals surface area contributed by atoms with Crippen LogP contribution < -0.4 is 25.4 Å². The molecule has 0 bridgehead atoms. The number of ether oxygens (including phenoxy) is 2. The first-order chi connectivity index (χ1) is 12.8. The second-order valence-electron chi connectivity index (χ2n) is 7.34. The Bertz CT molecular complexity index is 739. The molecule has 148 valence electrons. The van der Waals surface area contributed by atoms with E-state index in [0.717, 1.165) is 24.6 Å². The first-order valence-corrected chi connectivity index (χ1v) is 9.20. The lowest BCUT2D eigenvalue weighted by Gasteiger charge is -2.28. The van der Waals surface area contributed by atoms with Crippen LogP contribution in [-0.4, -0.2) is 37.3 Å². The smallest absolute Gasteiger partial charge is 0.159 e. The van der Waals surface area contributed by atoms with E-state index in [1.807, 2.05) is 18.2 Å². The summed E-state index contributed by atoms with van der Waals surface area (Å²) in [4.78, 5) is 11.0.